The zero-order chi connectivity index (χ0) is 13.6. The Bertz CT molecular complexity index is 255. The third-order valence-electron chi connectivity index (χ3n) is 4.19. The molecule has 0 aromatic rings. The van der Waals surface area contributed by atoms with Crippen LogP contribution in [0.15, 0.2) is 0 Å². The highest BCUT2D eigenvalue weighted by Gasteiger charge is 2.39. The maximum absolute atomic E-state index is 12.4. The smallest absolute Gasteiger partial charge is 0.228 e. The summed E-state index contributed by atoms with van der Waals surface area (Å²) in [6, 6.07) is 0. The number of ether oxygens (including phenoxy) is 1. The van der Waals surface area contributed by atoms with Crippen LogP contribution in [0, 0.1) is 17.3 Å². The molecule has 1 rings (SSSR count). The lowest BCUT2D eigenvalue weighted by Crippen LogP contribution is -2.51. The standard InChI is InChI=1S/C14H28N2O2/c1-11(2)12(3)9-16-13(17)14(10-18-4)5-7-15-8-6-14/h11-12,15H,5-10H2,1-4H3,(H,16,17). The van der Waals surface area contributed by atoms with Gasteiger partial charge in [0.05, 0.1) is 12.0 Å². The summed E-state index contributed by atoms with van der Waals surface area (Å²) in [7, 11) is 1.67. The van der Waals surface area contributed by atoms with Gasteiger partial charge in [-0.25, -0.2) is 0 Å². The molecule has 0 saturated carbocycles. The van der Waals surface area contributed by atoms with Crippen molar-refractivity contribution in [3.63, 3.8) is 0 Å². The highest BCUT2D eigenvalue weighted by Crippen LogP contribution is 2.29. The summed E-state index contributed by atoms with van der Waals surface area (Å²) in [4.78, 5) is 12.4. The second-order valence-electron chi connectivity index (χ2n) is 5.89. The van der Waals surface area contributed by atoms with Crippen molar-refractivity contribution in [3.8, 4) is 0 Å². The maximum atomic E-state index is 12.4. The zero-order valence-corrected chi connectivity index (χ0v) is 12.2. The minimum absolute atomic E-state index is 0.165. The highest BCUT2D eigenvalue weighted by molar-refractivity contribution is 5.83. The molecule has 106 valence electrons. The van der Waals surface area contributed by atoms with E-state index in [1.54, 1.807) is 7.11 Å². The Morgan fingerprint density at radius 3 is 2.44 bits per heavy atom. The van der Waals surface area contributed by atoms with Gasteiger partial charge in [0.2, 0.25) is 5.91 Å². The van der Waals surface area contributed by atoms with E-state index >= 15 is 0 Å². The van der Waals surface area contributed by atoms with E-state index in [1.807, 2.05) is 0 Å². The van der Waals surface area contributed by atoms with Gasteiger partial charge in [0.25, 0.3) is 0 Å². The Morgan fingerprint density at radius 2 is 1.94 bits per heavy atom. The molecular formula is C14H28N2O2. The molecule has 0 spiro atoms. The van der Waals surface area contributed by atoms with Crippen molar-refractivity contribution >= 4 is 5.91 Å². The van der Waals surface area contributed by atoms with Crippen LogP contribution in [0.2, 0.25) is 0 Å². The lowest BCUT2D eigenvalue weighted by atomic mass is 9.78. The fourth-order valence-corrected chi connectivity index (χ4v) is 2.30. The van der Waals surface area contributed by atoms with Crippen LogP contribution in [0.1, 0.15) is 33.6 Å². The summed E-state index contributed by atoms with van der Waals surface area (Å²) >= 11 is 0. The molecular weight excluding hydrogens is 228 g/mol. The quantitative estimate of drug-likeness (QED) is 0.755. The molecule has 18 heavy (non-hydrogen) atoms. The van der Waals surface area contributed by atoms with Gasteiger partial charge in [0.1, 0.15) is 0 Å². The van der Waals surface area contributed by atoms with Crippen molar-refractivity contribution in [2.45, 2.75) is 33.6 Å². The Kier molecular flexibility index (Phi) is 6.09. The summed E-state index contributed by atoms with van der Waals surface area (Å²) in [5.41, 5.74) is -0.323. The second kappa shape index (κ2) is 7.10. The first-order chi connectivity index (χ1) is 8.52. The number of carbonyl (C=O) groups is 1. The van der Waals surface area contributed by atoms with Gasteiger partial charge < -0.3 is 15.4 Å². The van der Waals surface area contributed by atoms with E-state index in [9.17, 15) is 4.79 Å². The summed E-state index contributed by atoms with van der Waals surface area (Å²) < 4.78 is 5.27. The SMILES string of the molecule is COCC1(C(=O)NCC(C)C(C)C)CCNCC1. The van der Waals surface area contributed by atoms with Crippen molar-refractivity contribution in [2.75, 3.05) is 33.4 Å². The first-order valence-electron chi connectivity index (χ1n) is 7.00. The number of hydrogen-bond acceptors (Lipinski definition) is 3. The van der Waals surface area contributed by atoms with Gasteiger partial charge in [-0.3, -0.25) is 4.79 Å². The Morgan fingerprint density at radius 1 is 1.33 bits per heavy atom. The van der Waals surface area contributed by atoms with Crippen molar-refractivity contribution in [1.29, 1.82) is 0 Å². The Labute approximate surface area is 111 Å². The van der Waals surface area contributed by atoms with Gasteiger partial charge in [-0.2, -0.15) is 0 Å². The molecule has 1 aliphatic heterocycles. The van der Waals surface area contributed by atoms with Gasteiger partial charge in [0, 0.05) is 13.7 Å². The average molecular weight is 256 g/mol. The molecule has 4 heteroatoms. The van der Waals surface area contributed by atoms with E-state index in [-0.39, 0.29) is 11.3 Å². The highest BCUT2D eigenvalue weighted by atomic mass is 16.5. The molecule has 4 nitrogen and oxygen atoms in total. The van der Waals surface area contributed by atoms with E-state index in [2.05, 4.69) is 31.4 Å². The number of piperidine rings is 1. The predicted molar refractivity (Wildman–Crippen MR) is 73.4 cm³/mol. The molecule has 2 N–H and O–H groups in total. The first-order valence-corrected chi connectivity index (χ1v) is 7.00. The van der Waals surface area contributed by atoms with Crippen molar-refractivity contribution < 1.29 is 9.53 Å². The van der Waals surface area contributed by atoms with Crippen LogP contribution in [-0.4, -0.2) is 39.3 Å². The van der Waals surface area contributed by atoms with E-state index in [1.165, 1.54) is 0 Å². The summed E-state index contributed by atoms with van der Waals surface area (Å²) in [6.45, 7) is 9.63. The van der Waals surface area contributed by atoms with E-state index in [0.29, 0.717) is 18.4 Å². The first kappa shape index (κ1) is 15.4. The van der Waals surface area contributed by atoms with E-state index in [0.717, 1.165) is 32.5 Å². The molecule has 1 heterocycles. The molecule has 1 saturated heterocycles. The van der Waals surface area contributed by atoms with Crippen molar-refractivity contribution in [1.82, 2.24) is 10.6 Å². The third-order valence-corrected chi connectivity index (χ3v) is 4.19. The van der Waals surface area contributed by atoms with Crippen LogP contribution in [0.4, 0.5) is 0 Å². The van der Waals surface area contributed by atoms with Crippen LogP contribution in [0.3, 0.4) is 0 Å². The maximum Gasteiger partial charge on any atom is 0.228 e. The van der Waals surface area contributed by atoms with E-state index < -0.39 is 0 Å². The second-order valence-corrected chi connectivity index (χ2v) is 5.89. The summed E-state index contributed by atoms with van der Waals surface area (Å²) in [5, 5.41) is 6.41. The molecule has 0 bridgehead atoms. The van der Waals surface area contributed by atoms with Crippen LogP contribution in [0.5, 0.6) is 0 Å². The molecule has 0 aromatic carbocycles. The van der Waals surface area contributed by atoms with Crippen LogP contribution in [-0.2, 0) is 9.53 Å². The van der Waals surface area contributed by atoms with Crippen LogP contribution in [0.25, 0.3) is 0 Å². The largest absolute Gasteiger partial charge is 0.384 e. The number of carbonyl (C=O) groups excluding carboxylic acids is 1. The van der Waals surface area contributed by atoms with Crippen molar-refractivity contribution in [3.05, 3.63) is 0 Å². The van der Waals surface area contributed by atoms with Gasteiger partial charge >= 0.3 is 0 Å². The normalized spacial score (nSPS) is 20.7. The number of amides is 1. The van der Waals surface area contributed by atoms with Gasteiger partial charge in [-0.1, -0.05) is 20.8 Å². The minimum Gasteiger partial charge on any atom is -0.384 e. The number of hydrogen-bond donors (Lipinski definition) is 2. The molecule has 0 radical (unpaired) electrons. The molecule has 0 aromatic heterocycles. The van der Waals surface area contributed by atoms with Gasteiger partial charge in [0.15, 0.2) is 0 Å². The Balaban J connectivity index is 2.54. The van der Waals surface area contributed by atoms with Crippen molar-refractivity contribution in [2.24, 2.45) is 17.3 Å². The van der Waals surface area contributed by atoms with E-state index in [4.69, 9.17) is 4.74 Å². The van der Waals surface area contributed by atoms with Gasteiger partial charge in [-0.05, 0) is 37.8 Å². The zero-order valence-electron chi connectivity index (χ0n) is 12.2. The predicted octanol–water partition coefficient (Wildman–Crippen LogP) is 1.41. The molecule has 1 aliphatic rings. The fourth-order valence-electron chi connectivity index (χ4n) is 2.30. The molecule has 0 aliphatic carbocycles. The molecule has 1 unspecified atom stereocenters. The lowest BCUT2D eigenvalue weighted by Gasteiger charge is -2.36. The molecule has 1 amide bonds. The number of methoxy groups -OCH3 is 1. The number of rotatable bonds is 6. The Hall–Kier alpha value is -0.610. The molecule has 1 atom stereocenters. The van der Waals surface area contributed by atoms with Crippen LogP contribution < -0.4 is 10.6 Å². The summed E-state index contributed by atoms with van der Waals surface area (Å²) in [6.07, 6.45) is 1.73. The van der Waals surface area contributed by atoms with Crippen LogP contribution >= 0.6 is 0 Å². The fraction of sp³-hybridized carbons (Fsp3) is 0.929. The third kappa shape index (κ3) is 3.95. The minimum atomic E-state index is -0.323. The van der Waals surface area contributed by atoms with Gasteiger partial charge in [-0.15, -0.1) is 0 Å². The monoisotopic (exact) mass is 256 g/mol. The topological polar surface area (TPSA) is 50.4 Å². The lowest BCUT2D eigenvalue weighted by molar-refractivity contribution is -0.136. The molecule has 1 fully saturated rings. The average Bonchev–Trinajstić information content (AvgIpc) is 2.36. The summed E-state index contributed by atoms with van der Waals surface area (Å²) in [5.74, 6) is 1.27. The number of nitrogens with one attached hydrogen (secondary N) is 2.